The second-order valence-electron chi connectivity index (χ2n) is 3.42. The molecule has 0 aliphatic carbocycles. The third-order valence-electron chi connectivity index (χ3n) is 2.05. The zero-order valence-corrected chi connectivity index (χ0v) is 10.6. The lowest BCUT2D eigenvalue weighted by molar-refractivity contribution is 0.102. The predicted octanol–water partition coefficient (Wildman–Crippen LogP) is 3.32. The Kier molecular flexibility index (Phi) is 3.31. The number of nitrogens with zero attached hydrogens (tertiary/aromatic N) is 1. The highest BCUT2D eigenvalue weighted by molar-refractivity contribution is 7.18. The summed E-state index contributed by atoms with van der Waals surface area (Å²) in [4.78, 5) is 15.8. The number of anilines is 3. The smallest absolute Gasteiger partial charge is 0.189 e. The van der Waals surface area contributed by atoms with Gasteiger partial charge in [-0.15, -0.1) is 0 Å². The standard InChI is InChI=1S/C11H10ClN3OS/c1-6(16)9-10(13)15-11(17-9)14-8-4-2-3-7(12)5-8/h2-5H,13H2,1H3,(H,14,15). The van der Waals surface area contributed by atoms with E-state index in [0.717, 1.165) is 5.69 Å². The van der Waals surface area contributed by atoms with Gasteiger partial charge in [-0.2, -0.15) is 0 Å². The molecule has 0 aliphatic heterocycles. The first kappa shape index (κ1) is 11.9. The molecule has 17 heavy (non-hydrogen) atoms. The van der Waals surface area contributed by atoms with Crippen molar-refractivity contribution in [3.63, 3.8) is 0 Å². The maximum Gasteiger partial charge on any atom is 0.189 e. The van der Waals surface area contributed by atoms with Gasteiger partial charge in [0.15, 0.2) is 10.9 Å². The van der Waals surface area contributed by atoms with E-state index in [0.29, 0.717) is 15.0 Å². The molecule has 6 heteroatoms. The number of benzene rings is 1. The van der Waals surface area contributed by atoms with Gasteiger partial charge < -0.3 is 11.1 Å². The molecule has 0 aliphatic rings. The van der Waals surface area contributed by atoms with E-state index >= 15 is 0 Å². The summed E-state index contributed by atoms with van der Waals surface area (Å²) in [6.07, 6.45) is 0. The molecule has 4 nitrogen and oxygen atoms in total. The van der Waals surface area contributed by atoms with E-state index in [9.17, 15) is 4.79 Å². The zero-order chi connectivity index (χ0) is 12.4. The number of carbonyl (C=O) groups excluding carboxylic acids is 1. The molecule has 0 spiro atoms. The highest BCUT2D eigenvalue weighted by atomic mass is 35.5. The molecule has 0 saturated carbocycles. The van der Waals surface area contributed by atoms with Crippen LogP contribution in [0.25, 0.3) is 0 Å². The van der Waals surface area contributed by atoms with Crippen molar-refractivity contribution in [1.82, 2.24) is 4.98 Å². The van der Waals surface area contributed by atoms with Crippen LogP contribution in [0, 0.1) is 0 Å². The molecular formula is C11H10ClN3OS. The van der Waals surface area contributed by atoms with Crippen molar-refractivity contribution in [2.24, 2.45) is 0 Å². The van der Waals surface area contributed by atoms with E-state index in [1.807, 2.05) is 12.1 Å². The van der Waals surface area contributed by atoms with Gasteiger partial charge in [-0.3, -0.25) is 4.79 Å². The van der Waals surface area contributed by atoms with Gasteiger partial charge in [0.05, 0.1) is 0 Å². The predicted molar refractivity (Wildman–Crippen MR) is 71.3 cm³/mol. The third-order valence-corrected chi connectivity index (χ3v) is 3.37. The molecule has 0 radical (unpaired) electrons. The molecule has 88 valence electrons. The summed E-state index contributed by atoms with van der Waals surface area (Å²) in [6.45, 7) is 1.47. The molecule has 0 atom stereocenters. The van der Waals surface area contributed by atoms with Gasteiger partial charge in [-0.1, -0.05) is 29.0 Å². The topological polar surface area (TPSA) is 68.0 Å². The molecule has 3 N–H and O–H groups in total. The SMILES string of the molecule is CC(=O)c1sc(Nc2cccc(Cl)c2)nc1N. The second-order valence-corrected chi connectivity index (χ2v) is 4.86. The average Bonchev–Trinajstić information content (AvgIpc) is 2.59. The quantitative estimate of drug-likeness (QED) is 0.837. The van der Waals surface area contributed by atoms with Crippen LogP contribution in [0.15, 0.2) is 24.3 Å². The summed E-state index contributed by atoms with van der Waals surface area (Å²) in [5.74, 6) is 0.172. The van der Waals surface area contributed by atoms with Crippen LogP contribution in [0.5, 0.6) is 0 Å². The van der Waals surface area contributed by atoms with Crippen molar-refractivity contribution in [3.05, 3.63) is 34.2 Å². The Balaban J connectivity index is 2.25. The van der Waals surface area contributed by atoms with Gasteiger partial charge in [-0.05, 0) is 18.2 Å². The molecule has 1 aromatic heterocycles. The monoisotopic (exact) mass is 267 g/mol. The first-order chi connectivity index (χ1) is 8.06. The number of nitrogens with one attached hydrogen (secondary N) is 1. The number of halogens is 1. The molecular weight excluding hydrogens is 258 g/mol. The van der Waals surface area contributed by atoms with Crippen molar-refractivity contribution in [2.75, 3.05) is 11.1 Å². The van der Waals surface area contributed by atoms with Crippen LogP contribution in [0.4, 0.5) is 16.6 Å². The van der Waals surface area contributed by atoms with Crippen molar-refractivity contribution in [1.29, 1.82) is 0 Å². The Hall–Kier alpha value is -1.59. The molecule has 0 saturated heterocycles. The van der Waals surface area contributed by atoms with Gasteiger partial charge in [0.1, 0.15) is 10.7 Å². The minimum Gasteiger partial charge on any atom is -0.382 e. The molecule has 2 aromatic rings. The lowest BCUT2D eigenvalue weighted by Gasteiger charge is -2.01. The molecule has 2 rings (SSSR count). The second kappa shape index (κ2) is 4.73. The highest BCUT2D eigenvalue weighted by Crippen LogP contribution is 2.28. The van der Waals surface area contributed by atoms with Crippen LogP contribution in [-0.4, -0.2) is 10.8 Å². The first-order valence-corrected chi connectivity index (χ1v) is 6.05. The number of carbonyl (C=O) groups is 1. The van der Waals surface area contributed by atoms with Gasteiger partial charge >= 0.3 is 0 Å². The fourth-order valence-corrected chi connectivity index (χ4v) is 2.32. The number of aromatic nitrogens is 1. The van der Waals surface area contributed by atoms with Crippen molar-refractivity contribution < 1.29 is 4.79 Å². The first-order valence-electron chi connectivity index (χ1n) is 4.86. The Bertz CT molecular complexity index is 568. The van der Waals surface area contributed by atoms with Crippen LogP contribution >= 0.6 is 22.9 Å². The molecule has 1 heterocycles. The summed E-state index contributed by atoms with van der Waals surface area (Å²) < 4.78 is 0. The number of ketones is 1. The van der Waals surface area contributed by atoms with Crippen molar-refractivity contribution in [3.8, 4) is 0 Å². The molecule has 1 aromatic carbocycles. The van der Waals surface area contributed by atoms with Crippen molar-refractivity contribution >= 4 is 45.4 Å². The Morgan fingerprint density at radius 1 is 1.53 bits per heavy atom. The van der Waals surface area contributed by atoms with Crippen LogP contribution in [0.2, 0.25) is 5.02 Å². The van der Waals surface area contributed by atoms with Crippen LogP contribution in [0.3, 0.4) is 0 Å². The number of thiazole rings is 1. The number of nitrogen functional groups attached to an aromatic ring is 1. The maximum atomic E-state index is 11.2. The van der Waals surface area contributed by atoms with E-state index in [4.69, 9.17) is 17.3 Å². The summed E-state index contributed by atoms with van der Waals surface area (Å²) in [5.41, 5.74) is 6.45. The number of nitrogens with two attached hydrogens (primary N) is 1. The van der Waals surface area contributed by atoms with E-state index in [-0.39, 0.29) is 11.6 Å². The Morgan fingerprint density at radius 3 is 2.88 bits per heavy atom. The number of Topliss-reactive ketones (excluding diaryl/α,β-unsaturated/α-hetero) is 1. The lowest BCUT2D eigenvalue weighted by atomic mass is 10.3. The fraction of sp³-hybridized carbons (Fsp3) is 0.0909. The fourth-order valence-electron chi connectivity index (χ4n) is 1.33. The lowest BCUT2D eigenvalue weighted by Crippen LogP contribution is -1.95. The van der Waals surface area contributed by atoms with Crippen LogP contribution < -0.4 is 11.1 Å². The largest absolute Gasteiger partial charge is 0.382 e. The summed E-state index contributed by atoms with van der Waals surface area (Å²) in [6, 6.07) is 7.24. The Labute approximate surface area is 107 Å². The molecule has 0 bridgehead atoms. The molecule has 0 fully saturated rings. The van der Waals surface area contributed by atoms with Crippen LogP contribution in [-0.2, 0) is 0 Å². The summed E-state index contributed by atoms with van der Waals surface area (Å²) in [5, 5.41) is 4.26. The zero-order valence-electron chi connectivity index (χ0n) is 9.03. The Morgan fingerprint density at radius 2 is 2.29 bits per heavy atom. The van der Waals surface area contributed by atoms with E-state index in [1.54, 1.807) is 12.1 Å². The van der Waals surface area contributed by atoms with Crippen molar-refractivity contribution in [2.45, 2.75) is 6.92 Å². The molecule has 0 amide bonds. The van der Waals surface area contributed by atoms with E-state index in [2.05, 4.69) is 10.3 Å². The van der Waals surface area contributed by atoms with Gasteiger partial charge in [0, 0.05) is 17.6 Å². The van der Waals surface area contributed by atoms with E-state index in [1.165, 1.54) is 18.3 Å². The van der Waals surface area contributed by atoms with Crippen LogP contribution in [0.1, 0.15) is 16.6 Å². The maximum absolute atomic E-state index is 11.2. The highest BCUT2D eigenvalue weighted by Gasteiger charge is 2.12. The number of hydrogen-bond acceptors (Lipinski definition) is 5. The van der Waals surface area contributed by atoms with E-state index < -0.39 is 0 Å². The minimum absolute atomic E-state index is 0.0841. The number of hydrogen-bond donors (Lipinski definition) is 2. The molecule has 0 unspecified atom stereocenters. The van der Waals surface area contributed by atoms with Gasteiger partial charge in [0.25, 0.3) is 0 Å². The summed E-state index contributed by atoms with van der Waals surface area (Å²) >= 11 is 7.09. The summed E-state index contributed by atoms with van der Waals surface area (Å²) in [7, 11) is 0. The van der Waals surface area contributed by atoms with Gasteiger partial charge in [-0.25, -0.2) is 4.98 Å². The normalized spacial score (nSPS) is 10.2. The minimum atomic E-state index is -0.0841. The average molecular weight is 268 g/mol. The third kappa shape index (κ3) is 2.75. The number of rotatable bonds is 3. The van der Waals surface area contributed by atoms with Gasteiger partial charge in [0.2, 0.25) is 0 Å².